The van der Waals surface area contributed by atoms with Gasteiger partial charge in [-0.3, -0.25) is 9.59 Å². The minimum atomic E-state index is -1.11. The van der Waals surface area contributed by atoms with E-state index >= 15 is 0 Å². The second-order valence-corrected chi connectivity index (χ2v) is 4.80. The number of benzene rings is 2. The number of aromatic amines is 1. The van der Waals surface area contributed by atoms with Crippen LogP contribution in [0.3, 0.4) is 0 Å². The van der Waals surface area contributed by atoms with Crippen molar-refractivity contribution in [2.75, 3.05) is 5.32 Å². The molecule has 3 rings (SSSR count). The smallest absolute Gasteiger partial charge is 0.296 e. The Kier molecular flexibility index (Phi) is 3.61. The second-order valence-electron chi connectivity index (χ2n) is 4.80. The highest BCUT2D eigenvalue weighted by atomic mass is 19.1. The molecule has 1 heterocycles. The van der Waals surface area contributed by atoms with E-state index in [4.69, 9.17) is 0 Å². The second kappa shape index (κ2) is 5.60. The molecule has 0 saturated carbocycles. The summed E-state index contributed by atoms with van der Waals surface area (Å²) in [6.45, 7) is 0. The van der Waals surface area contributed by atoms with Crippen molar-refractivity contribution in [2.24, 2.45) is 0 Å². The summed E-state index contributed by atoms with van der Waals surface area (Å²) in [7, 11) is 0. The van der Waals surface area contributed by atoms with Crippen LogP contribution < -0.4 is 5.32 Å². The predicted molar refractivity (Wildman–Crippen MR) is 77.6 cm³/mol. The number of rotatable bonds is 3. The number of hydrogen-bond acceptors (Lipinski definition) is 2. The molecular formula is C16H9F3N2O2. The molecule has 4 nitrogen and oxygen atoms in total. The van der Waals surface area contributed by atoms with Gasteiger partial charge in [-0.2, -0.15) is 0 Å². The summed E-state index contributed by atoms with van der Waals surface area (Å²) >= 11 is 0. The third kappa shape index (κ3) is 2.80. The molecule has 0 radical (unpaired) electrons. The highest BCUT2D eigenvalue weighted by molar-refractivity contribution is 6.48. The highest BCUT2D eigenvalue weighted by Gasteiger charge is 2.21. The summed E-state index contributed by atoms with van der Waals surface area (Å²) < 4.78 is 39.6. The van der Waals surface area contributed by atoms with Gasteiger partial charge in [0, 0.05) is 23.2 Å². The lowest BCUT2D eigenvalue weighted by Crippen LogP contribution is -2.23. The molecule has 1 amide bonds. The normalized spacial score (nSPS) is 10.7. The lowest BCUT2D eigenvalue weighted by atomic mass is 10.1. The molecule has 2 aromatic carbocycles. The number of nitrogens with one attached hydrogen (secondary N) is 2. The average Bonchev–Trinajstić information content (AvgIpc) is 2.92. The number of Topliss-reactive ketones (excluding diaryl/α,β-unsaturated/α-hetero) is 1. The van der Waals surface area contributed by atoms with Gasteiger partial charge in [-0.15, -0.1) is 0 Å². The van der Waals surface area contributed by atoms with Crippen LogP contribution in [-0.4, -0.2) is 16.7 Å². The van der Waals surface area contributed by atoms with Crippen molar-refractivity contribution in [3.8, 4) is 0 Å². The maximum absolute atomic E-state index is 13.5. The average molecular weight is 318 g/mol. The van der Waals surface area contributed by atoms with Crippen molar-refractivity contribution in [1.82, 2.24) is 4.98 Å². The van der Waals surface area contributed by atoms with Gasteiger partial charge in [0.2, 0.25) is 0 Å². The number of fused-ring (bicyclic) bond motifs is 1. The zero-order valence-electron chi connectivity index (χ0n) is 11.5. The molecule has 0 aliphatic heterocycles. The minimum absolute atomic E-state index is 0.0421. The summed E-state index contributed by atoms with van der Waals surface area (Å²) in [5, 5.41) is 2.31. The number of amides is 1. The van der Waals surface area contributed by atoms with E-state index in [0.29, 0.717) is 11.6 Å². The molecule has 0 bridgehead atoms. The summed E-state index contributed by atoms with van der Waals surface area (Å²) in [6, 6.07) is 6.29. The van der Waals surface area contributed by atoms with Crippen LogP contribution >= 0.6 is 0 Å². The van der Waals surface area contributed by atoms with Gasteiger partial charge in [0.15, 0.2) is 0 Å². The van der Waals surface area contributed by atoms with Crippen molar-refractivity contribution >= 4 is 28.3 Å². The molecule has 23 heavy (non-hydrogen) atoms. The Hall–Kier alpha value is -3.09. The largest absolute Gasteiger partial charge is 0.360 e. The fourth-order valence-electron chi connectivity index (χ4n) is 2.17. The van der Waals surface area contributed by atoms with Crippen molar-refractivity contribution in [3.63, 3.8) is 0 Å². The molecule has 0 aliphatic rings. The monoisotopic (exact) mass is 318 g/mol. The Labute approximate surface area is 127 Å². The van der Waals surface area contributed by atoms with Crippen LogP contribution in [0.4, 0.5) is 18.9 Å². The van der Waals surface area contributed by atoms with E-state index in [0.717, 1.165) is 18.2 Å². The summed E-state index contributed by atoms with van der Waals surface area (Å²) in [6.07, 6.45) is 1.27. The van der Waals surface area contributed by atoms with Gasteiger partial charge >= 0.3 is 0 Å². The van der Waals surface area contributed by atoms with Crippen molar-refractivity contribution in [1.29, 1.82) is 0 Å². The topological polar surface area (TPSA) is 62.0 Å². The number of ketones is 1. The summed E-state index contributed by atoms with van der Waals surface area (Å²) in [5.41, 5.74) is 0.116. The first-order valence-electron chi connectivity index (χ1n) is 6.53. The molecule has 0 atom stereocenters. The Morgan fingerprint density at radius 1 is 0.957 bits per heavy atom. The summed E-state index contributed by atoms with van der Waals surface area (Å²) in [4.78, 5) is 26.9. The molecule has 0 unspecified atom stereocenters. The van der Waals surface area contributed by atoms with E-state index in [9.17, 15) is 22.8 Å². The van der Waals surface area contributed by atoms with Gasteiger partial charge in [0.1, 0.15) is 17.5 Å². The first-order chi connectivity index (χ1) is 11.0. The van der Waals surface area contributed by atoms with Gasteiger partial charge in [-0.05, 0) is 30.3 Å². The highest BCUT2D eigenvalue weighted by Crippen LogP contribution is 2.21. The van der Waals surface area contributed by atoms with E-state index in [1.807, 2.05) is 0 Å². The Morgan fingerprint density at radius 2 is 1.65 bits per heavy atom. The van der Waals surface area contributed by atoms with Crippen LogP contribution in [0, 0.1) is 17.5 Å². The molecule has 7 heteroatoms. The molecule has 0 aliphatic carbocycles. The third-order valence-electron chi connectivity index (χ3n) is 3.27. The number of carbonyl (C=O) groups excluding carboxylic acids is 2. The fourth-order valence-corrected chi connectivity index (χ4v) is 2.17. The van der Waals surface area contributed by atoms with Gasteiger partial charge in [0.25, 0.3) is 11.7 Å². The first-order valence-corrected chi connectivity index (χ1v) is 6.53. The van der Waals surface area contributed by atoms with Crippen molar-refractivity contribution in [2.45, 2.75) is 0 Å². The lowest BCUT2D eigenvalue weighted by Gasteiger charge is -2.05. The van der Waals surface area contributed by atoms with Gasteiger partial charge in [-0.1, -0.05) is 0 Å². The number of aromatic nitrogens is 1. The van der Waals surface area contributed by atoms with Gasteiger partial charge < -0.3 is 10.3 Å². The number of H-pyrrole nitrogens is 1. The molecule has 0 fully saturated rings. The number of anilines is 1. The van der Waals surface area contributed by atoms with Gasteiger partial charge in [0.05, 0.1) is 11.3 Å². The number of halogens is 3. The quantitative estimate of drug-likeness (QED) is 0.574. The van der Waals surface area contributed by atoms with Crippen molar-refractivity contribution in [3.05, 3.63) is 65.6 Å². The number of hydrogen-bond donors (Lipinski definition) is 2. The van der Waals surface area contributed by atoms with E-state index < -0.39 is 29.1 Å². The van der Waals surface area contributed by atoms with E-state index in [-0.39, 0.29) is 16.6 Å². The van der Waals surface area contributed by atoms with Crippen LogP contribution in [0.5, 0.6) is 0 Å². The summed E-state index contributed by atoms with van der Waals surface area (Å²) in [5.74, 6) is -4.45. The molecule has 0 spiro atoms. The maximum Gasteiger partial charge on any atom is 0.296 e. The van der Waals surface area contributed by atoms with Crippen molar-refractivity contribution < 1.29 is 22.8 Å². The lowest BCUT2D eigenvalue weighted by molar-refractivity contribution is -0.112. The third-order valence-corrected chi connectivity index (χ3v) is 3.27. The van der Waals surface area contributed by atoms with Gasteiger partial charge in [-0.25, -0.2) is 13.2 Å². The first kappa shape index (κ1) is 14.8. The van der Waals surface area contributed by atoms with Crippen LogP contribution in [-0.2, 0) is 4.79 Å². The van der Waals surface area contributed by atoms with E-state index in [1.54, 1.807) is 0 Å². The standard InChI is InChI=1S/C16H9F3N2O2/c17-8-1-3-13-10(5-8)11(7-20-13)15(22)16(23)21-14-4-2-9(18)6-12(14)19/h1-7,20H,(H,21,23). The zero-order valence-corrected chi connectivity index (χ0v) is 11.5. The van der Waals surface area contributed by atoms with Crippen LogP contribution in [0.2, 0.25) is 0 Å². The number of carbonyl (C=O) groups is 2. The SMILES string of the molecule is O=C(Nc1ccc(F)cc1F)C(=O)c1c[nH]c2ccc(F)cc12. The molecule has 2 N–H and O–H groups in total. The molecule has 0 saturated heterocycles. The van der Waals surface area contributed by atoms with Crippen LogP contribution in [0.25, 0.3) is 10.9 Å². The van der Waals surface area contributed by atoms with Crippen LogP contribution in [0.1, 0.15) is 10.4 Å². The molecule has 1 aromatic heterocycles. The van der Waals surface area contributed by atoms with E-state index in [1.165, 1.54) is 18.3 Å². The van der Waals surface area contributed by atoms with E-state index in [2.05, 4.69) is 10.3 Å². The molecule has 116 valence electrons. The predicted octanol–water partition coefficient (Wildman–Crippen LogP) is 3.41. The maximum atomic E-state index is 13.5. The zero-order chi connectivity index (χ0) is 16.6. The van der Waals surface area contributed by atoms with Crippen LogP contribution in [0.15, 0.2) is 42.6 Å². The Bertz CT molecular complexity index is 934. The minimum Gasteiger partial charge on any atom is -0.360 e. The molecular weight excluding hydrogens is 309 g/mol. The molecule has 3 aromatic rings. The Morgan fingerprint density at radius 3 is 2.39 bits per heavy atom. The fraction of sp³-hybridized carbons (Fsp3) is 0. The Balaban J connectivity index is 1.89.